The van der Waals surface area contributed by atoms with Crippen LogP contribution in [0.3, 0.4) is 0 Å². The lowest BCUT2D eigenvalue weighted by molar-refractivity contribution is 0.146. The van der Waals surface area contributed by atoms with Crippen molar-refractivity contribution in [3.63, 3.8) is 0 Å². The van der Waals surface area contributed by atoms with Crippen molar-refractivity contribution in [3.05, 3.63) is 23.9 Å². The summed E-state index contributed by atoms with van der Waals surface area (Å²) in [6.07, 6.45) is 12.8. The van der Waals surface area contributed by atoms with Crippen molar-refractivity contribution < 1.29 is 0 Å². The van der Waals surface area contributed by atoms with Gasteiger partial charge in [0.05, 0.1) is 0 Å². The molecule has 1 aromatic rings. The summed E-state index contributed by atoms with van der Waals surface area (Å²) in [6.45, 7) is 7.15. The van der Waals surface area contributed by atoms with Crippen LogP contribution in [0.15, 0.2) is 18.3 Å². The Bertz CT molecular complexity index is 436. The van der Waals surface area contributed by atoms with Gasteiger partial charge in [0.1, 0.15) is 5.82 Å². The Labute approximate surface area is 135 Å². The first-order valence-corrected chi connectivity index (χ1v) is 9.33. The standard InChI is InChI=1S/C19H31N3/c1-2-3-12-21-13-8-5-9-18(21)17-10-11-19(20-16-17)22-14-6-4-7-15-22/h10-11,16,18H,2-9,12-15H2,1H3. The zero-order valence-electron chi connectivity index (χ0n) is 14.1. The highest BCUT2D eigenvalue weighted by atomic mass is 15.2. The third kappa shape index (κ3) is 3.81. The zero-order valence-corrected chi connectivity index (χ0v) is 14.1. The number of pyridine rings is 1. The number of unbranched alkanes of at least 4 members (excludes halogenated alkanes) is 1. The van der Waals surface area contributed by atoms with Crippen molar-refractivity contribution in [3.8, 4) is 0 Å². The molecule has 0 aliphatic carbocycles. The molecule has 2 fully saturated rings. The first-order valence-electron chi connectivity index (χ1n) is 9.33. The molecule has 1 aromatic heterocycles. The Morgan fingerprint density at radius 2 is 1.86 bits per heavy atom. The van der Waals surface area contributed by atoms with Crippen LogP contribution < -0.4 is 4.90 Å². The van der Waals surface area contributed by atoms with Crippen LogP contribution in [0.2, 0.25) is 0 Å². The Morgan fingerprint density at radius 1 is 1.05 bits per heavy atom. The van der Waals surface area contributed by atoms with Gasteiger partial charge < -0.3 is 4.90 Å². The number of hydrogen-bond acceptors (Lipinski definition) is 3. The average Bonchev–Trinajstić information content (AvgIpc) is 2.61. The van der Waals surface area contributed by atoms with Gasteiger partial charge in [-0.3, -0.25) is 4.90 Å². The molecule has 0 aromatic carbocycles. The van der Waals surface area contributed by atoms with Crippen molar-refractivity contribution in [2.45, 2.75) is 64.3 Å². The van der Waals surface area contributed by atoms with E-state index in [2.05, 4.69) is 35.1 Å². The molecule has 0 radical (unpaired) electrons. The minimum atomic E-state index is 0.600. The summed E-state index contributed by atoms with van der Waals surface area (Å²) in [5, 5.41) is 0. The average molecular weight is 301 g/mol. The van der Waals surface area contributed by atoms with Gasteiger partial charge in [-0.15, -0.1) is 0 Å². The fourth-order valence-corrected chi connectivity index (χ4v) is 3.90. The maximum Gasteiger partial charge on any atom is 0.128 e. The predicted molar refractivity (Wildman–Crippen MR) is 93.4 cm³/mol. The predicted octanol–water partition coefficient (Wildman–Crippen LogP) is 4.40. The molecule has 3 nitrogen and oxygen atoms in total. The Morgan fingerprint density at radius 3 is 2.59 bits per heavy atom. The highest BCUT2D eigenvalue weighted by Crippen LogP contribution is 2.31. The molecule has 0 bridgehead atoms. The van der Waals surface area contributed by atoms with E-state index >= 15 is 0 Å². The van der Waals surface area contributed by atoms with Gasteiger partial charge in [-0.05, 0) is 63.2 Å². The maximum absolute atomic E-state index is 4.79. The second-order valence-corrected chi connectivity index (χ2v) is 6.90. The van der Waals surface area contributed by atoms with Crippen LogP contribution in [-0.2, 0) is 0 Å². The monoisotopic (exact) mass is 301 g/mol. The SMILES string of the molecule is CCCCN1CCCCC1c1ccc(N2CCCCC2)nc1. The highest BCUT2D eigenvalue weighted by molar-refractivity contribution is 5.40. The van der Waals surface area contributed by atoms with Crippen molar-refractivity contribution >= 4 is 5.82 Å². The molecular formula is C19H31N3. The van der Waals surface area contributed by atoms with Gasteiger partial charge in [-0.1, -0.05) is 25.8 Å². The third-order valence-electron chi connectivity index (χ3n) is 5.25. The van der Waals surface area contributed by atoms with Gasteiger partial charge in [0, 0.05) is 25.3 Å². The summed E-state index contributed by atoms with van der Waals surface area (Å²) in [5.41, 5.74) is 1.43. The normalized spacial score (nSPS) is 23.7. The third-order valence-corrected chi connectivity index (χ3v) is 5.25. The summed E-state index contributed by atoms with van der Waals surface area (Å²) in [4.78, 5) is 9.92. The largest absolute Gasteiger partial charge is 0.357 e. The van der Waals surface area contributed by atoms with Crippen LogP contribution >= 0.6 is 0 Å². The summed E-state index contributed by atoms with van der Waals surface area (Å²) in [5.74, 6) is 1.18. The molecule has 0 spiro atoms. The van der Waals surface area contributed by atoms with Gasteiger partial charge in [0.25, 0.3) is 0 Å². The van der Waals surface area contributed by atoms with Gasteiger partial charge in [0.2, 0.25) is 0 Å². The minimum absolute atomic E-state index is 0.600. The summed E-state index contributed by atoms with van der Waals surface area (Å²) < 4.78 is 0. The Balaban J connectivity index is 1.67. The number of rotatable bonds is 5. The Hall–Kier alpha value is -1.09. The number of anilines is 1. The van der Waals surface area contributed by atoms with E-state index < -0.39 is 0 Å². The molecular weight excluding hydrogens is 270 g/mol. The van der Waals surface area contributed by atoms with Crippen LogP contribution in [0, 0.1) is 0 Å². The molecule has 2 aliphatic rings. The lowest BCUT2D eigenvalue weighted by atomic mass is 9.96. The quantitative estimate of drug-likeness (QED) is 0.803. The van der Waals surface area contributed by atoms with E-state index in [-0.39, 0.29) is 0 Å². The van der Waals surface area contributed by atoms with E-state index in [1.165, 1.54) is 88.9 Å². The second-order valence-electron chi connectivity index (χ2n) is 6.90. The van der Waals surface area contributed by atoms with E-state index in [1.54, 1.807) is 0 Å². The van der Waals surface area contributed by atoms with Crippen LogP contribution in [0.5, 0.6) is 0 Å². The fraction of sp³-hybridized carbons (Fsp3) is 0.737. The number of nitrogens with zero attached hydrogens (tertiary/aromatic N) is 3. The number of likely N-dealkylation sites (tertiary alicyclic amines) is 1. The van der Waals surface area contributed by atoms with Crippen LogP contribution in [0.4, 0.5) is 5.82 Å². The molecule has 0 saturated carbocycles. The van der Waals surface area contributed by atoms with E-state index in [0.717, 1.165) is 0 Å². The Kier molecular flexibility index (Phi) is 5.71. The van der Waals surface area contributed by atoms with Gasteiger partial charge in [0.15, 0.2) is 0 Å². The maximum atomic E-state index is 4.79. The number of aromatic nitrogens is 1. The van der Waals surface area contributed by atoms with Crippen LogP contribution in [0.1, 0.15) is 69.9 Å². The van der Waals surface area contributed by atoms with Crippen molar-refractivity contribution in [2.75, 3.05) is 31.1 Å². The molecule has 122 valence electrons. The molecule has 3 rings (SSSR count). The molecule has 0 amide bonds. The smallest absolute Gasteiger partial charge is 0.128 e. The molecule has 22 heavy (non-hydrogen) atoms. The number of piperidine rings is 2. The van der Waals surface area contributed by atoms with Gasteiger partial charge >= 0.3 is 0 Å². The first kappa shape index (κ1) is 15.8. The zero-order chi connectivity index (χ0) is 15.2. The summed E-state index contributed by atoms with van der Waals surface area (Å²) >= 11 is 0. The van der Waals surface area contributed by atoms with Crippen molar-refractivity contribution in [2.24, 2.45) is 0 Å². The van der Waals surface area contributed by atoms with Crippen LogP contribution in [0.25, 0.3) is 0 Å². The minimum Gasteiger partial charge on any atom is -0.357 e. The lowest BCUT2D eigenvalue weighted by Crippen LogP contribution is -2.34. The molecule has 1 atom stereocenters. The summed E-state index contributed by atoms with van der Waals surface area (Å²) in [6, 6.07) is 5.20. The van der Waals surface area contributed by atoms with Crippen LogP contribution in [-0.4, -0.2) is 36.1 Å². The van der Waals surface area contributed by atoms with E-state index in [0.29, 0.717) is 6.04 Å². The molecule has 0 N–H and O–H groups in total. The molecule has 3 heteroatoms. The fourth-order valence-electron chi connectivity index (χ4n) is 3.90. The first-order chi connectivity index (χ1) is 10.9. The molecule has 2 aliphatic heterocycles. The highest BCUT2D eigenvalue weighted by Gasteiger charge is 2.23. The molecule has 3 heterocycles. The second kappa shape index (κ2) is 7.96. The van der Waals surface area contributed by atoms with Gasteiger partial charge in [-0.25, -0.2) is 4.98 Å². The van der Waals surface area contributed by atoms with Gasteiger partial charge in [-0.2, -0.15) is 0 Å². The van der Waals surface area contributed by atoms with E-state index in [1.807, 2.05) is 0 Å². The molecule has 2 saturated heterocycles. The number of hydrogen-bond donors (Lipinski definition) is 0. The van der Waals surface area contributed by atoms with E-state index in [9.17, 15) is 0 Å². The van der Waals surface area contributed by atoms with Crippen molar-refractivity contribution in [1.82, 2.24) is 9.88 Å². The molecule has 1 unspecified atom stereocenters. The van der Waals surface area contributed by atoms with Crippen molar-refractivity contribution in [1.29, 1.82) is 0 Å². The van der Waals surface area contributed by atoms with E-state index in [4.69, 9.17) is 4.98 Å². The summed E-state index contributed by atoms with van der Waals surface area (Å²) in [7, 11) is 0. The lowest BCUT2D eigenvalue weighted by Gasteiger charge is -2.36. The topological polar surface area (TPSA) is 19.4 Å².